The number of rotatable bonds is 15. The lowest BCUT2D eigenvalue weighted by Gasteiger charge is -2.31. The molecule has 1 unspecified atom stereocenters. The maximum atomic E-state index is 13.1. The molecule has 228 valence electrons. The van der Waals surface area contributed by atoms with Crippen LogP contribution in [0.15, 0.2) is 121 Å². The van der Waals surface area contributed by atoms with Gasteiger partial charge in [0.25, 0.3) is 0 Å². The van der Waals surface area contributed by atoms with Gasteiger partial charge in [0, 0.05) is 49.5 Å². The lowest BCUT2D eigenvalue weighted by molar-refractivity contribution is -0.121. The molecule has 44 heavy (non-hydrogen) atoms. The summed E-state index contributed by atoms with van der Waals surface area (Å²) < 4.78 is 0. The highest BCUT2D eigenvalue weighted by Crippen LogP contribution is 2.32. The first-order chi connectivity index (χ1) is 21.1. The monoisotopic (exact) mass is 605 g/mol. The van der Waals surface area contributed by atoms with Crippen LogP contribution in [0.5, 0.6) is 0 Å². The predicted octanol–water partition coefficient (Wildman–Crippen LogP) is 7.26. The Bertz CT molecular complexity index is 1580. The molecule has 4 rings (SSSR count). The summed E-state index contributed by atoms with van der Waals surface area (Å²) in [6, 6.07) is 28.2. The second-order valence-electron chi connectivity index (χ2n) is 11.2. The zero-order valence-corrected chi connectivity index (χ0v) is 26.8. The third kappa shape index (κ3) is 8.88. The molecule has 0 saturated heterocycles. The van der Waals surface area contributed by atoms with Gasteiger partial charge < -0.3 is 26.2 Å². The maximum Gasteiger partial charge on any atom is 0.220 e. The van der Waals surface area contributed by atoms with Gasteiger partial charge in [-0.05, 0) is 58.7 Å². The van der Waals surface area contributed by atoms with Crippen molar-refractivity contribution >= 4 is 34.3 Å². The molecule has 0 radical (unpaired) electrons. The van der Waals surface area contributed by atoms with Crippen molar-refractivity contribution in [2.75, 3.05) is 38.7 Å². The van der Waals surface area contributed by atoms with Gasteiger partial charge in [0.1, 0.15) is 0 Å². The van der Waals surface area contributed by atoms with Crippen molar-refractivity contribution in [1.29, 1.82) is 0 Å². The minimum Gasteiger partial charge on any atom is -0.397 e. The van der Waals surface area contributed by atoms with E-state index in [0.717, 1.165) is 45.0 Å². The molecule has 7 heteroatoms. The normalized spacial score (nSPS) is 11.3. The number of hydrogen-bond donors (Lipinski definition) is 3. The van der Waals surface area contributed by atoms with Gasteiger partial charge >= 0.3 is 0 Å². The number of thiophene rings is 1. The van der Waals surface area contributed by atoms with Gasteiger partial charge in [0.15, 0.2) is 0 Å². The summed E-state index contributed by atoms with van der Waals surface area (Å²) in [4.78, 5) is 18.3. The highest BCUT2D eigenvalue weighted by molar-refractivity contribution is 7.13. The summed E-state index contributed by atoms with van der Waals surface area (Å²) in [5, 5.41) is 8.71. The fraction of sp³-hybridized carbons (Fsp3) is 0.216. The number of nitrogens with two attached hydrogens (primary N) is 1. The molecule has 0 spiro atoms. The fourth-order valence-corrected chi connectivity index (χ4v) is 5.50. The van der Waals surface area contributed by atoms with Crippen LogP contribution in [-0.2, 0) is 17.6 Å². The third-order valence-electron chi connectivity index (χ3n) is 7.65. The van der Waals surface area contributed by atoms with E-state index in [-0.39, 0.29) is 11.9 Å². The zero-order chi connectivity index (χ0) is 31.6. The summed E-state index contributed by atoms with van der Waals surface area (Å²) in [6.07, 6.45) is 1.69. The van der Waals surface area contributed by atoms with Crippen molar-refractivity contribution < 1.29 is 4.79 Å². The van der Waals surface area contributed by atoms with E-state index in [1.807, 2.05) is 86.7 Å². The number of hydrogen-bond acceptors (Lipinski definition) is 6. The standard InChI is InChI=1S/C37H43N5OS/c1-26(41(4)5)25-42(6)28(3)34(40-37(43)21-16-29-11-8-7-9-12-29)23-30-14-17-31(18-15-30)27(2)39-35-24-32(19-20-33(35)38)36-13-10-22-44-36/h7-15,17-20,22,24,34,39H,1-3,16,21,23,25,38H2,4-6H3,(H,40,43). The molecule has 1 amide bonds. The van der Waals surface area contributed by atoms with Crippen LogP contribution in [0.4, 0.5) is 11.4 Å². The Morgan fingerprint density at radius 3 is 2.30 bits per heavy atom. The molecule has 1 aromatic heterocycles. The lowest BCUT2D eigenvalue weighted by atomic mass is 10.00. The Morgan fingerprint density at radius 2 is 1.64 bits per heavy atom. The van der Waals surface area contributed by atoms with Crippen LogP contribution in [-0.4, -0.2) is 49.4 Å². The summed E-state index contributed by atoms with van der Waals surface area (Å²) in [7, 11) is 5.93. The first kappa shape index (κ1) is 32.2. The Kier molecular flexibility index (Phi) is 11.1. The topological polar surface area (TPSA) is 73.6 Å². The van der Waals surface area contributed by atoms with Gasteiger partial charge in [-0.15, -0.1) is 11.3 Å². The average Bonchev–Trinajstić information content (AvgIpc) is 3.56. The minimum atomic E-state index is -0.273. The highest BCUT2D eigenvalue weighted by atomic mass is 32.1. The minimum absolute atomic E-state index is 0.00333. The lowest BCUT2D eigenvalue weighted by Crippen LogP contribution is -2.43. The van der Waals surface area contributed by atoms with Gasteiger partial charge in [-0.3, -0.25) is 4.79 Å². The molecule has 0 aliphatic rings. The number of carbonyl (C=O) groups excluding carboxylic acids is 1. The van der Waals surface area contributed by atoms with Crippen molar-refractivity contribution in [2.45, 2.75) is 25.3 Å². The number of likely N-dealkylation sites (N-methyl/N-ethyl adjacent to an activating group) is 2. The molecule has 3 aromatic carbocycles. The number of nitrogens with zero attached hydrogens (tertiary/aromatic N) is 2. The summed E-state index contributed by atoms with van der Waals surface area (Å²) in [5.41, 5.74) is 14.6. The molecule has 0 fully saturated rings. The molecule has 1 atom stereocenters. The number of amides is 1. The van der Waals surface area contributed by atoms with Crippen LogP contribution in [0, 0.1) is 0 Å². The number of carbonyl (C=O) groups is 1. The highest BCUT2D eigenvalue weighted by Gasteiger charge is 2.20. The first-order valence-corrected chi connectivity index (χ1v) is 15.6. The largest absolute Gasteiger partial charge is 0.397 e. The number of aryl methyl sites for hydroxylation is 1. The van der Waals surface area contributed by atoms with Gasteiger partial charge in [0.05, 0.1) is 24.0 Å². The molecule has 0 bridgehead atoms. The zero-order valence-electron chi connectivity index (χ0n) is 26.0. The van der Waals surface area contributed by atoms with Crippen molar-refractivity contribution in [2.24, 2.45) is 0 Å². The van der Waals surface area contributed by atoms with Gasteiger partial charge in [-0.25, -0.2) is 0 Å². The third-order valence-corrected chi connectivity index (χ3v) is 8.57. The Hall–Kier alpha value is -4.75. The van der Waals surface area contributed by atoms with E-state index in [2.05, 4.69) is 64.9 Å². The second kappa shape index (κ2) is 15.1. The van der Waals surface area contributed by atoms with E-state index in [1.54, 1.807) is 11.3 Å². The molecular formula is C37H43N5OS. The number of nitrogens with one attached hydrogen (secondary N) is 2. The summed E-state index contributed by atoms with van der Waals surface area (Å²) >= 11 is 1.69. The van der Waals surface area contributed by atoms with E-state index >= 15 is 0 Å². The Morgan fingerprint density at radius 1 is 0.909 bits per heavy atom. The van der Waals surface area contributed by atoms with Crippen molar-refractivity contribution in [3.8, 4) is 10.4 Å². The van der Waals surface area contributed by atoms with E-state index < -0.39 is 0 Å². The van der Waals surface area contributed by atoms with E-state index in [0.29, 0.717) is 31.5 Å². The Balaban J connectivity index is 1.45. The molecule has 1 heterocycles. The number of nitrogen functional groups attached to an aromatic ring is 1. The maximum absolute atomic E-state index is 13.1. The first-order valence-electron chi connectivity index (χ1n) is 14.7. The summed E-state index contributed by atoms with van der Waals surface area (Å²) in [6.45, 7) is 13.4. The second-order valence-corrected chi connectivity index (χ2v) is 12.1. The van der Waals surface area contributed by atoms with Crippen LogP contribution >= 0.6 is 11.3 Å². The van der Waals surface area contributed by atoms with Crippen molar-refractivity contribution in [3.05, 3.63) is 138 Å². The van der Waals surface area contributed by atoms with Crippen molar-refractivity contribution in [1.82, 2.24) is 15.1 Å². The van der Waals surface area contributed by atoms with E-state index in [1.165, 1.54) is 4.88 Å². The molecule has 4 N–H and O–H groups in total. The quantitative estimate of drug-likeness (QED) is 0.124. The molecule has 4 aromatic rings. The van der Waals surface area contributed by atoms with Crippen LogP contribution in [0.25, 0.3) is 16.1 Å². The van der Waals surface area contributed by atoms with Crippen LogP contribution in [0.1, 0.15) is 23.1 Å². The SMILES string of the molecule is C=C(Nc1cc(-c2cccs2)ccc1N)c1ccc(CC(NC(=O)CCc2ccccc2)C(=C)N(C)CC(=C)N(C)C)cc1. The van der Waals surface area contributed by atoms with E-state index in [9.17, 15) is 4.79 Å². The van der Waals surface area contributed by atoms with Crippen LogP contribution < -0.4 is 16.4 Å². The van der Waals surface area contributed by atoms with Crippen LogP contribution in [0.3, 0.4) is 0 Å². The van der Waals surface area contributed by atoms with E-state index in [4.69, 9.17) is 5.73 Å². The van der Waals surface area contributed by atoms with Gasteiger partial charge in [0.2, 0.25) is 5.91 Å². The van der Waals surface area contributed by atoms with Gasteiger partial charge in [-0.2, -0.15) is 0 Å². The average molecular weight is 606 g/mol. The molecular weight excluding hydrogens is 563 g/mol. The summed E-state index contributed by atoms with van der Waals surface area (Å²) in [5.74, 6) is -0.00333. The van der Waals surface area contributed by atoms with Crippen LogP contribution in [0.2, 0.25) is 0 Å². The van der Waals surface area contributed by atoms with Crippen molar-refractivity contribution in [3.63, 3.8) is 0 Å². The predicted molar refractivity (Wildman–Crippen MR) is 188 cm³/mol. The molecule has 0 aliphatic heterocycles. The van der Waals surface area contributed by atoms with Gasteiger partial charge in [-0.1, -0.05) is 86.5 Å². The fourth-order valence-electron chi connectivity index (χ4n) is 4.78. The smallest absolute Gasteiger partial charge is 0.220 e. The number of benzene rings is 3. The number of anilines is 2. The Labute approximate surface area is 266 Å². The molecule has 0 aliphatic carbocycles. The molecule has 0 saturated carbocycles. The molecule has 6 nitrogen and oxygen atoms in total.